The van der Waals surface area contributed by atoms with E-state index in [-0.39, 0.29) is 5.82 Å². The van der Waals surface area contributed by atoms with Gasteiger partial charge in [-0.25, -0.2) is 4.39 Å². The lowest BCUT2D eigenvalue weighted by Crippen LogP contribution is -1.94. The molecule has 3 rings (SSSR count). The van der Waals surface area contributed by atoms with Crippen LogP contribution in [0.1, 0.15) is 6.92 Å². The zero-order valence-corrected chi connectivity index (χ0v) is 13.2. The van der Waals surface area contributed by atoms with Crippen molar-refractivity contribution >= 4 is 26.7 Å². The quantitative estimate of drug-likeness (QED) is 0.582. The molecule has 106 valence electrons. The Balaban J connectivity index is 2.31. The minimum Gasteiger partial charge on any atom is -0.493 e. The molecule has 0 aliphatic rings. The highest BCUT2D eigenvalue weighted by Crippen LogP contribution is 2.37. The van der Waals surface area contributed by atoms with Crippen LogP contribution in [0.15, 0.2) is 59.1 Å². The molecule has 0 heterocycles. The Morgan fingerprint density at radius 2 is 1.76 bits per heavy atom. The maximum atomic E-state index is 14.3. The average molecular weight is 345 g/mol. The predicted octanol–water partition coefficient (Wildman–Crippen LogP) is 5.81. The van der Waals surface area contributed by atoms with E-state index < -0.39 is 0 Å². The Bertz CT molecular complexity index is 793. The lowest BCUT2D eigenvalue weighted by atomic mass is 9.97. The Morgan fingerprint density at radius 1 is 1.00 bits per heavy atom. The smallest absolute Gasteiger partial charge is 0.132 e. The van der Waals surface area contributed by atoms with E-state index in [1.807, 2.05) is 49.4 Å². The molecule has 0 fully saturated rings. The van der Waals surface area contributed by atoms with Crippen molar-refractivity contribution in [2.24, 2.45) is 0 Å². The second-order valence-corrected chi connectivity index (χ2v) is 5.63. The molecule has 0 radical (unpaired) electrons. The Hall–Kier alpha value is -1.87. The van der Waals surface area contributed by atoms with Crippen molar-refractivity contribution < 1.29 is 9.13 Å². The molecule has 0 aromatic heterocycles. The summed E-state index contributed by atoms with van der Waals surface area (Å²) in [5.41, 5.74) is 1.43. The molecule has 0 saturated heterocycles. The van der Waals surface area contributed by atoms with Crippen LogP contribution >= 0.6 is 15.9 Å². The summed E-state index contributed by atoms with van der Waals surface area (Å²) in [5, 5.41) is 1.99. The van der Waals surface area contributed by atoms with Crippen molar-refractivity contribution in [3.63, 3.8) is 0 Å². The van der Waals surface area contributed by atoms with E-state index in [4.69, 9.17) is 4.74 Å². The van der Waals surface area contributed by atoms with Gasteiger partial charge in [0, 0.05) is 15.4 Å². The molecule has 0 aliphatic heterocycles. The Morgan fingerprint density at radius 3 is 2.48 bits per heavy atom. The normalized spacial score (nSPS) is 10.8. The van der Waals surface area contributed by atoms with Crippen molar-refractivity contribution in [1.82, 2.24) is 0 Å². The summed E-state index contributed by atoms with van der Waals surface area (Å²) in [7, 11) is 0. The zero-order chi connectivity index (χ0) is 14.8. The van der Waals surface area contributed by atoms with Gasteiger partial charge in [-0.2, -0.15) is 0 Å². The van der Waals surface area contributed by atoms with E-state index in [9.17, 15) is 4.39 Å². The van der Waals surface area contributed by atoms with E-state index in [2.05, 4.69) is 15.9 Å². The Kier molecular flexibility index (Phi) is 3.93. The van der Waals surface area contributed by atoms with Crippen molar-refractivity contribution in [2.75, 3.05) is 6.61 Å². The SMILES string of the molecule is CCOc1cccc2cccc(-c3ccc(Br)cc3F)c12. The fraction of sp³-hybridized carbons (Fsp3) is 0.111. The summed E-state index contributed by atoms with van der Waals surface area (Å²) in [4.78, 5) is 0. The molecular weight excluding hydrogens is 331 g/mol. The van der Waals surface area contributed by atoms with Gasteiger partial charge in [-0.3, -0.25) is 0 Å². The van der Waals surface area contributed by atoms with Gasteiger partial charge >= 0.3 is 0 Å². The van der Waals surface area contributed by atoms with Crippen molar-refractivity contribution in [3.05, 3.63) is 64.9 Å². The lowest BCUT2D eigenvalue weighted by Gasteiger charge is -2.13. The minimum absolute atomic E-state index is 0.247. The molecule has 21 heavy (non-hydrogen) atoms. The largest absolute Gasteiger partial charge is 0.493 e. The van der Waals surface area contributed by atoms with Gasteiger partial charge in [0.2, 0.25) is 0 Å². The number of halogens is 2. The molecule has 0 spiro atoms. The summed E-state index contributed by atoms with van der Waals surface area (Å²) in [6, 6.07) is 16.9. The molecule has 0 amide bonds. The van der Waals surface area contributed by atoms with Crippen LogP contribution in [0, 0.1) is 5.82 Å². The van der Waals surface area contributed by atoms with E-state index in [0.29, 0.717) is 12.2 Å². The van der Waals surface area contributed by atoms with Gasteiger partial charge in [-0.15, -0.1) is 0 Å². The number of hydrogen-bond donors (Lipinski definition) is 0. The van der Waals surface area contributed by atoms with Gasteiger partial charge in [-0.05, 0) is 36.1 Å². The Labute approximate surface area is 131 Å². The molecule has 3 aromatic rings. The topological polar surface area (TPSA) is 9.23 Å². The zero-order valence-electron chi connectivity index (χ0n) is 11.6. The minimum atomic E-state index is -0.247. The number of fused-ring (bicyclic) bond motifs is 1. The van der Waals surface area contributed by atoms with Crippen LogP contribution in [0.5, 0.6) is 5.75 Å². The van der Waals surface area contributed by atoms with Crippen LogP contribution in [0.25, 0.3) is 21.9 Å². The number of benzene rings is 3. The second kappa shape index (κ2) is 5.86. The molecule has 0 aliphatic carbocycles. The van der Waals surface area contributed by atoms with Gasteiger partial charge in [0.25, 0.3) is 0 Å². The molecule has 3 heteroatoms. The maximum absolute atomic E-state index is 14.3. The molecule has 0 saturated carbocycles. The summed E-state index contributed by atoms with van der Waals surface area (Å²) in [6.07, 6.45) is 0. The average Bonchev–Trinajstić information content (AvgIpc) is 2.47. The van der Waals surface area contributed by atoms with Crippen molar-refractivity contribution in [3.8, 4) is 16.9 Å². The van der Waals surface area contributed by atoms with Gasteiger partial charge in [0.15, 0.2) is 0 Å². The first-order chi connectivity index (χ1) is 10.2. The van der Waals surface area contributed by atoms with E-state index >= 15 is 0 Å². The van der Waals surface area contributed by atoms with Gasteiger partial charge < -0.3 is 4.74 Å². The van der Waals surface area contributed by atoms with Gasteiger partial charge in [-0.1, -0.05) is 52.3 Å². The summed E-state index contributed by atoms with van der Waals surface area (Å²) >= 11 is 3.29. The fourth-order valence-corrected chi connectivity index (χ4v) is 2.85. The van der Waals surface area contributed by atoms with E-state index in [0.717, 1.165) is 26.6 Å². The molecule has 1 nitrogen and oxygen atoms in total. The van der Waals surface area contributed by atoms with E-state index in [1.54, 1.807) is 6.07 Å². The van der Waals surface area contributed by atoms with Gasteiger partial charge in [0.1, 0.15) is 11.6 Å². The fourth-order valence-electron chi connectivity index (χ4n) is 2.51. The second-order valence-electron chi connectivity index (χ2n) is 4.72. The van der Waals surface area contributed by atoms with Gasteiger partial charge in [0.05, 0.1) is 6.61 Å². The first-order valence-corrected chi connectivity index (χ1v) is 7.60. The molecule has 0 bridgehead atoms. The summed E-state index contributed by atoms with van der Waals surface area (Å²) in [6.45, 7) is 2.53. The first-order valence-electron chi connectivity index (χ1n) is 6.80. The molecule has 0 N–H and O–H groups in total. The van der Waals surface area contributed by atoms with Crippen LogP contribution in [0.2, 0.25) is 0 Å². The maximum Gasteiger partial charge on any atom is 0.132 e. The predicted molar refractivity (Wildman–Crippen MR) is 88.2 cm³/mol. The highest BCUT2D eigenvalue weighted by molar-refractivity contribution is 9.10. The molecule has 0 atom stereocenters. The van der Waals surface area contributed by atoms with Crippen LogP contribution < -0.4 is 4.74 Å². The van der Waals surface area contributed by atoms with Crippen LogP contribution in [0.3, 0.4) is 0 Å². The van der Waals surface area contributed by atoms with Crippen molar-refractivity contribution in [1.29, 1.82) is 0 Å². The number of hydrogen-bond acceptors (Lipinski definition) is 1. The van der Waals surface area contributed by atoms with Crippen molar-refractivity contribution in [2.45, 2.75) is 6.92 Å². The molecular formula is C18H14BrFO. The highest BCUT2D eigenvalue weighted by atomic mass is 79.9. The third kappa shape index (κ3) is 2.66. The molecule has 0 unspecified atom stereocenters. The van der Waals surface area contributed by atoms with Crippen LogP contribution in [0.4, 0.5) is 4.39 Å². The van der Waals surface area contributed by atoms with E-state index in [1.165, 1.54) is 6.07 Å². The standard InChI is InChI=1S/C18H14BrFO/c1-2-21-17-8-4-6-12-5-3-7-15(18(12)17)14-10-9-13(19)11-16(14)20/h3-11H,2H2,1H3. The molecule has 3 aromatic carbocycles. The highest BCUT2D eigenvalue weighted by Gasteiger charge is 2.12. The summed E-state index contributed by atoms with van der Waals surface area (Å²) in [5.74, 6) is 0.538. The lowest BCUT2D eigenvalue weighted by molar-refractivity contribution is 0.344. The first kappa shape index (κ1) is 14.1. The third-order valence-corrected chi connectivity index (χ3v) is 3.88. The number of rotatable bonds is 3. The summed E-state index contributed by atoms with van der Waals surface area (Å²) < 4.78 is 20.8. The monoisotopic (exact) mass is 344 g/mol. The third-order valence-electron chi connectivity index (χ3n) is 3.39. The van der Waals surface area contributed by atoms with Crippen LogP contribution in [-0.2, 0) is 0 Å². The number of ether oxygens (including phenoxy) is 1. The van der Waals surface area contributed by atoms with Crippen LogP contribution in [-0.4, -0.2) is 6.61 Å².